The van der Waals surface area contributed by atoms with E-state index in [-0.39, 0.29) is 24.5 Å². The summed E-state index contributed by atoms with van der Waals surface area (Å²) in [5, 5.41) is 19.0. The van der Waals surface area contributed by atoms with E-state index < -0.39 is 0 Å². The molecule has 0 unspecified atom stereocenters. The van der Waals surface area contributed by atoms with E-state index in [0.29, 0.717) is 17.1 Å². The van der Waals surface area contributed by atoms with Gasteiger partial charge in [0.05, 0.1) is 25.5 Å². The minimum atomic E-state index is -0.290. The predicted molar refractivity (Wildman–Crippen MR) is 83.8 cm³/mol. The molecule has 1 atom stereocenters. The van der Waals surface area contributed by atoms with Gasteiger partial charge in [0.15, 0.2) is 0 Å². The van der Waals surface area contributed by atoms with E-state index in [9.17, 15) is 9.90 Å². The smallest absolute Gasteiger partial charge is 0.269 e. The maximum Gasteiger partial charge on any atom is 0.269 e. The summed E-state index contributed by atoms with van der Waals surface area (Å²) in [6, 6.07) is 8.85. The Morgan fingerprint density at radius 2 is 2.14 bits per heavy atom. The maximum atomic E-state index is 12.2. The third kappa shape index (κ3) is 3.46. The van der Waals surface area contributed by atoms with Gasteiger partial charge in [0.2, 0.25) is 0 Å². The Hall–Kier alpha value is -2.34. The Morgan fingerprint density at radius 1 is 1.41 bits per heavy atom. The van der Waals surface area contributed by atoms with E-state index in [1.165, 1.54) is 0 Å². The Balaban J connectivity index is 2.19. The minimum absolute atomic E-state index is 0.100. The number of aliphatic hydroxyl groups is 1. The SMILES string of the molecule is COc1ccccc1-c1cc(C(=O)N[C@H](CO)C(C)C)[nH]n1. The number of amides is 1. The zero-order valence-electron chi connectivity index (χ0n) is 13.0. The number of aromatic amines is 1. The van der Waals surface area contributed by atoms with Gasteiger partial charge in [0.25, 0.3) is 5.91 Å². The molecule has 1 aromatic heterocycles. The summed E-state index contributed by atoms with van der Waals surface area (Å²) in [6.07, 6.45) is 0. The standard InChI is InChI=1S/C16H21N3O3/c1-10(2)14(9-20)17-16(21)13-8-12(18-19-13)11-6-4-5-7-15(11)22-3/h4-8,10,14,20H,9H2,1-3H3,(H,17,21)(H,18,19)/t14-/m1/s1. The van der Waals surface area contributed by atoms with Gasteiger partial charge in [0.1, 0.15) is 11.4 Å². The highest BCUT2D eigenvalue weighted by atomic mass is 16.5. The van der Waals surface area contributed by atoms with Crippen molar-refractivity contribution in [2.24, 2.45) is 5.92 Å². The lowest BCUT2D eigenvalue weighted by Crippen LogP contribution is -2.41. The van der Waals surface area contributed by atoms with E-state index in [4.69, 9.17) is 4.74 Å². The number of nitrogens with zero attached hydrogens (tertiary/aromatic N) is 1. The van der Waals surface area contributed by atoms with E-state index in [2.05, 4.69) is 15.5 Å². The zero-order chi connectivity index (χ0) is 16.1. The number of ether oxygens (including phenoxy) is 1. The molecule has 1 heterocycles. The first-order valence-corrected chi connectivity index (χ1v) is 7.17. The average molecular weight is 303 g/mol. The number of aromatic nitrogens is 2. The predicted octanol–water partition coefficient (Wildman–Crippen LogP) is 1.83. The van der Waals surface area contributed by atoms with Crippen molar-refractivity contribution in [3.8, 4) is 17.0 Å². The fourth-order valence-electron chi connectivity index (χ4n) is 2.10. The molecule has 2 rings (SSSR count). The number of benzene rings is 1. The van der Waals surface area contributed by atoms with Crippen LogP contribution in [0.4, 0.5) is 0 Å². The Kier molecular flexibility index (Phi) is 5.16. The molecule has 0 aliphatic rings. The highest BCUT2D eigenvalue weighted by molar-refractivity contribution is 5.93. The fraction of sp³-hybridized carbons (Fsp3) is 0.375. The summed E-state index contributed by atoms with van der Waals surface area (Å²) in [5.41, 5.74) is 1.79. The summed E-state index contributed by atoms with van der Waals surface area (Å²) in [4.78, 5) is 12.2. The van der Waals surface area contributed by atoms with Gasteiger partial charge in [-0.3, -0.25) is 9.89 Å². The number of carbonyl (C=O) groups excluding carboxylic acids is 1. The monoisotopic (exact) mass is 303 g/mol. The molecular formula is C16H21N3O3. The van der Waals surface area contributed by atoms with Crippen LogP contribution in [-0.2, 0) is 0 Å². The summed E-state index contributed by atoms with van der Waals surface area (Å²) in [6.45, 7) is 3.78. The number of H-pyrrole nitrogens is 1. The van der Waals surface area contributed by atoms with Crippen LogP contribution in [0.5, 0.6) is 5.75 Å². The number of nitrogens with one attached hydrogen (secondary N) is 2. The Morgan fingerprint density at radius 3 is 2.77 bits per heavy atom. The van der Waals surface area contributed by atoms with Crippen LogP contribution in [0.1, 0.15) is 24.3 Å². The molecule has 0 fully saturated rings. The van der Waals surface area contributed by atoms with Gasteiger partial charge in [-0.1, -0.05) is 26.0 Å². The summed E-state index contributed by atoms with van der Waals surface area (Å²) >= 11 is 0. The van der Waals surface area contributed by atoms with Crippen LogP contribution in [0.25, 0.3) is 11.3 Å². The van der Waals surface area contributed by atoms with Crippen molar-refractivity contribution in [3.63, 3.8) is 0 Å². The van der Waals surface area contributed by atoms with Crippen molar-refractivity contribution < 1.29 is 14.6 Å². The van der Waals surface area contributed by atoms with E-state index in [1.54, 1.807) is 13.2 Å². The van der Waals surface area contributed by atoms with Crippen LogP contribution in [0.3, 0.4) is 0 Å². The van der Waals surface area contributed by atoms with Gasteiger partial charge in [-0.15, -0.1) is 0 Å². The summed E-state index contributed by atoms with van der Waals surface area (Å²) in [5.74, 6) is 0.545. The fourth-order valence-corrected chi connectivity index (χ4v) is 2.10. The van der Waals surface area contributed by atoms with Crippen molar-refractivity contribution >= 4 is 5.91 Å². The number of hydrogen-bond donors (Lipinski definition) is 3. The van der Waals surface area contributed by atoms with Crippen molar-refractivity contribution in [3.05, 3.63) is 36.0 Å². The molecule has 0 aliphatic heterocycles. The molecular weight excluding hydrogens is 282 g/mol. The topological polar surface area (TPSA) is 87.2 Å². The maximum absolute atomic E-state index is 12.2. The molecule has 0 aliphatic carbocycles. The first-order chi connectivity index (χ1) is 10.6. The van der Waals surface area contributed by atoms with Crippen molar-refractivity contribution in [2.75, 3.05) is 13.7 Å². The van der Waals surface area contributed by atoms with Gasteiger partial charge < -0.3 is 15.2 Å². The lowest BCUT2D eigenvalue weighted by Gasteiger charge is -2.19. The third-order valence-electron chi connectivity index (χ3n) is 3.52. The van der Waals surface area contributed by atoms with Gasteiger partial charge in [0, 0.05) is 5.56 Å². The highest BCUT2D eigenvalue weighted by Crippen LogP contribution is 2.28. The van der Waals surface area contributed by atoms with E-state index >= 15 is 0 Å². The van der Waals surface area contributed by atoms with Crippen LogP contribution in [0, 0.1) is 5.92 Å². The van der Waals surface area contributed by atoms with Crippen LogP contribution in [0.2, 0.25) is 0 Å². The summed E-state index contributed by atoms with van der Waals surface area (Å²) < 4.78 is 5.30. The quantitative estimate of drug-likeness (QED) is 0.760. The second kappa shape index (κ2) is 7.09. The Bertz CT molecular complexity index is 637. The first kappa shape index (κ1) is 16.0. The lowest BCUT2D eigenvalue weighted by atomic mass is 10.1. The molecule has 2 aromatic rings. The van der Waals surface area contributed by atoms with Crippen LogP contribution < -0.4 is 10.1 Å². The molecule has 6 nitrogen and oxygen atoms in total. The number of carbonyl (C=O) groups is 1. The van der Waals surface area contributed by atoms with Gasteiger partial charge in [-0.2, -0.15) is 5.10 Å². The van der Waals surface area contributed by atoms with Gasteiger partial charge in [-0.25, -0.2) is 0 Å². The van der Waals surface area contributed by atoms with E-state index in [0.717, 1.165) is 5.56 Å². The third-order valence-corrected chi connectivity index (χ3v) is 3.52. The molecule has 3 N–H and O–H groups in total. The van der Waals surface area contributed by atoms with Crippen molar-refractivity contribution in [2.45, 2.75) is 19.9 Å². The molecule has 0 saturated carbocycles. The van der Waals surface area contributed by atoms with Crippen molar-refractivity contribution in [1.82, 2.24) is 15.5 Å². The molecule has 0 radical (unpaired) electrons. The number of hydrogen-bond acceptors (Lipinski definition) is 4. The molecule has 118 valence electrons. The largest absolute Gasteiger partial charge is 0.496 e. The number of aliphatic hydroxyl groups excluding tert-OH is 1. The molecule has 0 spiro atoms. The normalized spacial score (nSPS) is 12.2. The highest BCUT2D eigenvalue weighted by Gasteiger charge is 2.18. The second-order valence-electron chi connectivity index (χ2n) is 5.37. The molecule has 22 heavy (non-hydrogen) atoms. The average Bonchev–Trinajstić information content (AvgIpc) is 3.01. The Labute approximate surface area is 129 Å². The minimum Gasteiger partial charge on any atom is -0.496 e. The van der Waals surface area contributed by atoms with Crippen LogP contribution in [0.15, 0.2) is 30.3 Å². The van der Waals surface area contributed by atoms with E-state index in [1.807, 2.05) is 38.1 Å². The lowest BCUT2D eigenvalue weighted by molar-refractivity contribution is 0.0892. The molecule has 1 amide bonds. The van der Waals surface area contributed by atoms with Gasteiger partial charge in [-0.05, 0) is 24.1 Å². The molecule has 0 saturated heterocycles. The van der Waals surface area contributed by atoms with Gasteiger partial charge >= 0.3 is 0 Å². The first-order valence-electron chi connectivity index (χ1n) is 7.17. The summed E-state index contributed by atoms with van der Waals surface area (Å²) in [7, 11) is 1.59. The molecule has 0 bridgehead atoms. The van der Waals surface area contributed by atoms with Crippen LogP contribution >= 0.6 is 0 Å². The second-order valence-corrected chi connectivity index (χ2v) is 5.37. The van der Waals surface area contributed by atoms with Crippen LogP contribution in [-0.4, -0.2) is 41.0 Å². The number of rotatable bonds is 6. The molecule has 6 heteroatoms. The van der Waals surface area contributed by atoms with Crippen molar-refractivity contribution in [1.29, 1.82) is 0 Å². The zero-order valence-corrected chi connectivity index (χ0v) is 13.0. The number of para-hydroxylation sites is 1. The molecule has 1 aromatic carbocycles. The number of methoxy groups -OCH3 is 1.